The second kappa shape index (κ2) is 36.6. The number of carbonyl (C=O) groups is 3. The number of aryl methyl sites for hydroxylation is 1. The second-order valence-electron chi connectivity index (χ2n) is 32.8. The van der Waals surface area contributed by atoms with Gasteiger partial charge in [-0.1, -0.05) is 133 Å². The van der Waals surface area contributed by atoms with Crippen molar-refractivity contribution < 1.29 is 37.6 Å². The first-order valence-corrected chi connectivity index (χ1v) is 42.3. The Hall–Kier alpha value is -7.81. The van der Waals surface area contributed by atoms with Crippen LogP contribution < -0.4 is 30.3 Å². The standard InChI is InChI=1S/C84H112ClN13O9S2/c1-57(60-19-21-62(22-20-60)77-58(2)90-56-108-77)91-81(101)75-49-68(99)55-97(75)82(102)78(83(3,4)5)86-36-15-13-11-9-8-10-12-14-16-38-93-39-43-95(44-40-93)66-27-17-59(18-28-66)52-88-73-32-30-70(50-74(73)98(103)104)109(105,106)92-80(100)71-31-29-67(48-76(71)107-69-47-63-34-37-87-79(63)89-53-69)96-45-41-94(42-46-96)54-64-33-35-84(6,7)51-72(64)61-23-25-65(85)26-24-61/h19-26,29-32,34,37,47-48,50,53,56-57,59,66,68,75,78,86,88,99H,8-18,27-28,33,35-36,38-46,49,51-52,54-55H2,1-7H3,(H,87,89)(H,91,101)(H,92,100)/t57-,59?,66?,68+,75-,78+/m0/s1. The molecule has 586 valence electrons. The van der Waals surface area contributed by atoms with Gasteiger partial charge in [0.1, 0.15) is 28.9 Å². The number of sulfonamides is 1. The normalized spacial score (nSPS) is 20.3. The zero-order valence-corrected chi connectivity index (χ0v) is 67.0. The number of β-amino-alcohol motifs (C(OH)–C–C–N with tert-alkyl or cyclic N) is 1. The molecule has 6 N–H and O–H groups in total. The number of thiazole rings is 1. The summed E-state index contributed by atoms with van der Waals surface area (Å²) in [5.74, 6) is -0.564. The first kappa shape index (κ1) is 80.7. The van der Waals surface area contributed by atoms with E-state index in [-0.39, 0.29) is 53.2 Å². The summed E-state index contributed by atoms with van der Waals surface area (Å²) in [6.45, 7) is 25.4. The van der Waals surface area contributed by atoms with E-state index < -0.39 is 55.0 Å². The number of piperazine rings is 2. The number of benzene rings is 4. The third-order valence-electron chi connectivity index (χ3n) is 23.1. The van der Waals surface area contributed by atoms with Gasteiger partial charge in [-0.05, 0) is 172 Å². The minimum Gasteiger partial charge on any atom is -0.455 e. The SMILES string of the molecule is Cc1ncsc1-c1ccc([C@H](C)NC(=O)[C@@H]2C[C@@H](O)CN2C(=O)[C@@H](NCCCCCCCCCCCN2CCN(C3CCC(CNc4ccc(S(=O)(=O)NC(=O)c5ccc(N6CCN(CC7=C(c8ccc(Cl)cc8)CC(C)(C)CC7)CC6)cc5Oc5cnc6[nH]ccc6c5)cc4[N+](=O)[O-])CC3)CC2)C(C)(C)C)cc1. The van der Waals surface area contributed by atoms with E-state index in [1.54, 1.807) is 46.7 Å². The van der Waals surface area contributed by atoms with Crippen molar-refractivity contribution in [3.8, 4) is 21.9 Å². The van der Waals surface area contributed by atoms with Crippen LogP contribution in [-0.2, 0) is 19.6 Å². The fourth-order valence-electron chi connectivity index (χ4n) is 16.6. The minimum absolute atomic E-state index is 0.0370. The van der Waals surface area contributed by atoms with Crippen LogP contribution in [0.1, 0.15) is 184 Å². The van der Waals surface area contributed by atoms with Crippen LogP contribution in [0.25, 0.3) is 27.0 Å². The molecule has 4 aromatic carbocycles. The quantitative estimate of drug-likeness (QED) is 0.0130. The Balaban J connectivity index is 0.533. The van der Waals surface area contributed by atoms with Gasteiger partial charge in [0.2, 0.25) is 11.8 Å². The van der Waals surface area contributed by atoms with E-state index in [1.807, 2.05) is 70.5 Å². The van der Waals surface area contributed by atoms with Crippen LogP contribution in [0.5, 0.6) is 11.5 Å². The molecular weight excluding hydrogens is 1430 g/mol. The largest absolute Gasteiger partial charge is 0.455 e. The summed E-state index contributed by atoms with van der Waals surface area (Å²) < 4.78 is 36.8. The summed E-state index contributed by atoms with van der Waals surface area (Å²) in [6.07, 6.45) is 20.6. The molecule has 22 nitrogen and oxygen atoms in total. The van der Waals surface area contributed by atoms with Crippen LogP contribution in [-0.4, -0.2) is 180 Å². The molecule has 3 aromatic heterocycles. The maximum absolute atomic E-state index is 14.3. The van der Waals surface area contributed by atoms with Crippen LogP contribution >= 0.6 is 22.9 Å². The first-order chi connectivity index (χ1) is 52.3. The van der Waals surface area contributed by atoms with Crippen molar-refractivity contribution >= 4 is 84.4 Å². The van der Waals surface area contributed by atoms with Gasteiger partial charge in [-0.25, -0.2) is 23.1 Å². The number of fused-ring (bicyclic) bond motifs is 1. The zero-order chi connectivity index (χ0) is 77.0. The van der Waals surface area contributed by atoms with Crippen molar-refractivity contribution in [2.45, 2.75) is 193 Å². The molecule has 25 heteroatoms. The number of nitro benzene ring substituents is 1. The highest BCUT2D eigenvalue weighted by Gasteiger charge is 2.44. The molecule has 3 saturated heterocycles. The van der Waals surface area contributed by atoms with Crippen molar-refractivity contribution in [2.24, 2.45) is 16.7 Å². The van der Waals surface area contributed by atoms with E-state index in [9.17, 15) is 38.0 Å². The summed E-state index contributed by atoms with van der Waals surface area (Å²) in [4.78, 5) is 78.5. The van der Waals surface area contributed by atoms with Crippen LogP contribution in [0.4, 0.5) is 17.1 Å². The molecule has 0 spiro atoms. The Bertz CT molecular complexity index is 4400. The molecule has 4 fully saturated rings. The highest BCUT2D eigenvalue weighted by atomic mass is 35.5. The van der Waals surface area contributed by atoms with Crippen LogP contribution in [0.15, 0.2) is 125 Å². The molecule has 109 heavy (non-hydrogen) atoms. The Kier molecular flexibility index (Phi) is 27.1. The highest BCUT2D eigenvalue weighted by molar-refractivity contribution is 7.90. The van der Waals surface area contributed by atoms with E-state index in [0.717, 1.165) is 160 Å². The molecule has 3 amide bonds. The van der Waals surface area contributed by atoms with Crippen molar-refractivity contribution in [1.82, 2.24) is 49.9 Å². The lowest BCUT2D eigenvalue weighted by atomic mass is 9.72. The predicted octanol–water partition coefficient (Wildman–Crippen LogP) is 15.2. The van der Waals surface area contributed by atoms with Crippen molar-refractivity contribution in [3.63, 3.8) is 0 Å². The Morgan fingerprint density at radius 3 is 2.20 bits per heavy atom. The van der Waals surface area contributed by atoms with Gasteiger partial charge < -0.3 is 45.5 Å². The molecule has 5 aliphatic rings. The van der Waals surface area contributed by atoms with Gasteiger partial charge in [0.15, 0.2) is 0 Å². The molecule has 0 radical (unpaired) electrons. The van der Waals surface area contributed by atoms with Crippen LogP contribution in [0.2, 0.25) is 5.02 Å². The summed E-state index contributed by atoms with van der Waals surface area (Å²) in [5, 5.41) is 34.8. The minimum atomic E-state index is -4.61. The lowest BCUT2D eigenvalue weighted by molar-refractivity contribution is -0.384. The molecule has 0 bridgehead atoms. The number of nitrogens with one attached hydrogen (secondary N) is 5. The number of ether oxygens (including phenoxy) is 1. The van der Waals surface area contributed by atoms with E-state index >= 15 is 0 Å². The number of halogens is 1. The number of H-pyrrole nitrogens is 1. The summed E-state index contributed by atoms with van der Waals surface area (Å²) >= 11 is 7.90. The lowest BCUT2D eigenvalue weighted by Crippen LogP contribution is -2.56. The number of allylic oxidation sites excluding steroid dienone is 1. The number of unbranched alkanes of at least 4 members (excludes halogenated alkanes) is 8. The molecule has 12 rings (SSSR count). The first-order valence-electron chi connectivity index (χ1n) is 39.6. The average molecular weight is 1550 g/mol. The Morgan fingerprint density at radius 1 is 0.826 bits per heavy atom. The van der Waals surface area contributed by atoms with Crippen LogP contribution in [0, 0.1) is 33.8 Å². The fourth-order valence-corrected chi connectivity index (χ4v) is 18.5. The van der Waals surface area contributed by atoms with Gasteiger partial charge in [0.05, 0.1) is 55.8 Å². The Morgan fingerprint density at radius 2 is 1.51 bits per heavy atom. The number of hydrogen-bond donors (Lipinski definition) is 6. The summed E-state index contributed by atoms with van der Waals surface area (Å²) in [6, 6.07) is 27.8. The molecule has 7 aromatic rings. The van der Waals surface area contributed by atoms with Gasteiger partial charge >= 0.3 is 0 Å². The van der Waals surface area contributed by atoms with Crippen molar-refractivity contribution in [2.75, 3.05) is 95.3 Å². The van der Waals surface area contributed by atoms with Gasteiger partial charge in [0.25, 0.3) is 21.6 Å². The second-order valence-corrected chi connectivity index (χ2v) is 35.8. The molecule has 2 aliphatic carbocycles. The highest BCUT2D eigenvalue weighted by Crippen LogP contribution is 2.44. The third kappa shape index (κ3) is 21.3. The summed E-state index contributed by atoms with van der Waals surface area (Å²) in [7, 11) is -4.61. The van der Waals surface area contributed by atoms with Gasteiger partial charge in [0, 0.05) is 119 Å². The number of aromatic nitrogens is 3. The number of hydrogen-bond acceptors (Lipinski definition) is 18. The number of likely N-dealkylation sites (tertiary alicyclic amines) is 1. The van der Waals surface area contributed by atoms with Gasteiger partial charge in [-0.2, -0.15) is 0 Å². The number of pyridine rings is 1. The Labute approximate surface area is 652 Å². The lowest BCUT2D eigenvalue weighted by Gasteiger charge is -2.42. The number of rotatable bonds is 32. The number of nitrogens with zero attached hydrogens (tertiary/aromatic N) is 8. The fraction of sp³-hybridized carbons (Fsp3) is 0.536. The molecule has 0 unspecified atom stereocenters. The third-order valence-corrected chi connectivity index (χ3v) is 25.7. The molecule has 1 saturated carbocycles. The number of amides is 3. The molecule has 3 aliphatic heterocycles. The number of anilines is 2. The molecule has 6 heterocycles. The number of aliphatic hydroxyl groups excluding tert-OH is 1. The van der Waals surface area contributed by atoms with Crippen LogP contribution in [0.3, 0.4) is 0 Å². The maximum Gasteiger partial charge on any atom is 0.293 e. The zero-order valence-electron chi connectivity index (χ0n) is 64.6. The maximum atomic E-state index is 14.3. The average Bonchev–Trinajstić information content (AvgIpc) is 1.73. The van der Waals surface area contributed by atoms with E-state index in [1.165, 1.54) is 73.6 Å². The number of aliphatic hydroxyl groups is 1. The van der Waals surface area contributed by atoms with Gasteiger partial charge in [-0.3, -0.25) is 34.3 Å². The molecular formula is C84H112ClN13O9S2. The van der Waals surface area contributed by atoms with E-state index in [2.05, 4.69) is 93.3 Å². The summed E-state index contributed by atoms with van der Waals surface area (Å²) in [5.41, 5.74) is 10.0. The molecule has 4 atom stereocenters. The van der Waals surface area contributed by atoms with E-state index in [0.29, 0.717) is 49.5 Å². The van der Waals surface area contributed by atoms with E-state index in [4.69, 9.17) is 16.3 Å². The monoisotopic (exact) mass is 1550 g/mol. The number of nitro groups is 1. The van der Waals surface area contributed by atoms with Crippen molar-refractivity contribution in [3.05, 3.63) is 158 Å². The van der Waals surface area contributed by atoms with Gasteiger partial charge in [-0.15, -0.1) is 11.3 Å². The predicted molar refractivity (Wildman–Crippen MR) is 435 cm³/mol. The van der Waals surface area contributed by atoms with Crippen molar-refractivity contribution in [1.29, 1.82) is 0 Å². The smallest absolute Gasteiger partial charge is 0.293 e. The number of aromatic amines is 1. The number of carbonyl (C=O) groups excluding carboxylic acids is 3. The topological polar surface area (TPSA) is 264 Å².